The Morgan fingerprint density at radius 3 is 2.68 bits per heavy atom. The summed E-state index contributed by atoms with van der Waals surface area (Å²) >= 11 is 3.43. The quantitative estimate of drug-likeness (QED) is 0.354. The summed E-state index contributed by atoms with van der Waals surface area (Å²) in [6.07, 6.45) is 6.25. The number of hydrogen-bond acceptors (Lipinski definition) is 6. The second kappa shape index (κ2) is 9.95. The van der Waals surface area contributed by atoms with Crippen LogP contribution in [0.2, 0.25) is 0 Å². The highest BCUT2D eigenvalue weighted by Crippen LogP contribution is 2.48. The van der Waals surface area contributed by atoms with Crippen molar-refractivity contribution >= 4 is 31.6 Å². The van der Waals surface area contributed by atoms with E-state index in [1.807, 2.05) is 13.0 Å². The zero-order chi connectivity index (χ0) is 24.5. The van der Waals surface area contributed by atoms with Gasteiger partial charge in [0, 0.05) is 42.2 Å². The number of halogens is 1. The molecule has 0 spiro atoms. The molecule has 2 atom stereocenters. The third kappa shape index (κ3) is 5.22. The lowest BCUT2D eigenvalue weighted by atomic mass is 9.87. The lowest BCUT2D eigenvalue weighted by Crippen LogP contribution is -2.18. The molecule has 1 aromatic carbocycles. The first kappa shape index (κ1) is 24.5. The zero-order valence-electron chi connectivity index (χ0n) is 19.1. The molecule has 34 heavy (non-hydrogen) atoms. The molecule has 182 valence electrons. The van der Waals surface area contributed by atoms with Crippen LogP contribution >= 0.6 is 15.9 Å². The molecule has 0 aliphatic heterocycles. The fourth-order valence-electron chi connectivity index (χ4n) is 4.31. The lowest BCUT2D eigenvalue weighted by Gasteiger charge is -2.20. The minimum absolute atomic E-state index is 0.0377. The molecule has 1 aliphatic rings. The zero-order valence-corrected chi connectivity index (χ0v) is 21.5. The molecule has 1 fully saturated rings. The smallest absolute Gasteiger partial charge is 0.343 e. The molecule has 1 saturated carbocycles. The monoisotopic (exact) mass is 549 g/mol. The van der Waals surface area contributed by atoms with Gasteiger partial charge in [0.05, 0.1) is 11.9 Å². The number of sulfonamides is 1. The van der Waals surface area contributed by atoms with Gasteiger partial charge in [0.1, 0.15) is 11.5 Å². The molecule has 2 N–H and O–H groups in total. The summed E-state index contributed by atoms with van der Waals surface area (Å²) in [7, 11) is -2.17. The highest BCUT2D eigenvalue weighted by molar-refractivity contribution is 9.09. The highest BCUT2D eigenvalue weighted by atomic mass is 79.9. The molecular weight excluding hydrogens is 522 g/mol. The maximum Gasteiger partial charge on any atom is 0.343 e. The molecular formula is C24H28BrN3O5S. The van der Waals surface area contributed by atoms with Crippen molar-refractivity contribution in [3.63, 3.8) is 0 Å². The Hall–Kier alpha value is -2.59. The van der Waals surface area contributed by atoms with E-state index in [0.29, 0.717) is 11.4 Å². The van der Waals surface area contributed by atoms with Crippen LogP contribution in [-0.4, -0.2) is 28.4 Å². The highest BCUT2D eigenvalue weighted by Gasteiger charge is 2.38. The van der Waals surface area contributed by atoms with Crippen molar-refractivity contribution < 1.29 is 17.9 Å². The number of nitrogens with zero attached hydrogens (tertiary/aromatic N) is 2. The normalized spacial score (nSPS) is 15.7. The van der Waals surface area contributed by atoms with Crippen molar-refractivity contribution in [3.05, 3.63) is 70.2 Å². The first-order valence-electron chi connectivity index (χ1n) is 11.3. The van der Waals surface area contributed by atoms with Crippen molar-refractivity contribution in [2.75, 3.05) is 10.1 Å². The minimum atomic E-state index is -3.86. The molecule has 2 unspecified atom stereocenters. The van der Waals surface area contributed by atoms with E-state index in [-0.39, 0.29) is 34.1 Å². The molecule has 3 aromatic rings. The van der Waals surface area contributed by atoms with E-state index in [1.54, 1.807) is 35.9 Å². The maximum atomic E-state index is 13.1. The van der Waals surface area contributed by atoms with Crippen LogP contribution in [0.3, 0.4) is 0 Å². The van der Waals surface area contributed by atoms with E-state index in [1.165, 1.54) is 12.5 Å². The van der Waals surface area contributed by atoms with Crippen molar-refractivity contribution in [1.29, 1.82) is 0 Å². The number of aryl methyl sites for hydroxylation is 1. The summed E-state index contributed by atoms with van der Waals surface area (Å²) in [5.41, 5.74) is 0.785. The Morgan fingerprint density at radius 1 is 1.32 bits per heavy atom. The fourth-order valence-corrected chi connectivity index (χ4v) is 5.90. The van der Waals surface area contributed by atoms with Crippen molar-refractivity contribution in [1.82, 2.24) is 9.55 Å². The second-order valence-electron chi connectivity index (χ2n) is 8.74. The molecule has 10 heteroatoms. The molecule has 8 nitrogen and oxygen atoms in total. The summed E-state index contributed by atoms with van der Waals surface area (Å²) in [5, 5.41) is 11.6. The second-order valence-corrected chi connectivity index (χ2v) is 11.2. The summed E-state index contributed by atoms with van der Waals surface area (Å²) in [6.45, 7) is 2.02. The van der Waals surface area contributed by atoms with Gasteiger partial charge in [-0.15, -0.1) is 0 Å². The lowest BCUT2D eigenvalue weighted by molar-refractivity contribution is 0.378. The van der Waals surface area contributed by atoms with Gasteiger partial charge in [-0.05, 0) is 49.3 Å². The molecule has 0 bridgehead atoms. The molecule has 2 aromatic heterocycles. The Balaban J connectivity index is 1.69. The van der Waals surface area contributed by atoms with Gasteiger partial charge in [0.2, 0.25) is 0 Å². The first-order valence-corrected chi connectivity index (χ1v) is 13.9. The Labute approximate surface area is 207 Å². The predicted octanol–water partition coefficient (Wildman–Crippen LogP) is 4.70. The number of hydrogen-bond donors (Lipinski definition) is 2. The first-order chi connectivity index (χ1) is 16.2. The fraction of sp³-hybridized carbons (Fsp3) is 0.417. The van der Waals surface area contributed by atoms with Crippen LogP contribution in [0.25, 0.3) is 0 Å². The van der Waals surface area contributed by atoms with Crippen LogP contribution in [0.1, 0.15) is 61.3 Å². The number of imidazole rings is 1. The molecule has 0 amide bonds. The van der Waals surface area contributed by atoms with E-state index in [4.69, 9.17) is 4.42 Å². The number of alkyl halides is 1. The van der Waals surface area contributed by atoms with Crippen molar-refractivity contribution in [3.8, 4) is 5.75 Å². The number of benzene rings is 1. The van der Waals surface area contributed by atoms with Gasteiger partial charge in [-0.2, -0.15) is 8.42 Å². The largest absolute Gasteiger partial charge is 0.507 e. The van der Waals surface area contributed by atoms with Gasteiger partial charge in [0.25, 0.3) is 10.0 Å². The van der Waals surface area contributed by atoms with Gasteiger partial charge in [-0.1, -0.05) is 35.0 Å². The summed E-state index contributed by atoms with van der Waals surface area (Å²) in [5.74, 6) is 0.235. The van der Waals surface area contributed by atoms with Crippen LogP contribution in [-0.2, 0) is 17.1 Å². The van der Waals surface area contributed by atoms with E-state index in [2.05, 4.69) is 25.6 Å². The van der Waals surface area contributed by atoms with Crippen LogP contribution in [0.4, 0.5) is 5.69 Å². The average molecular weight is 550 g/mol. The van der Waals surface area contributed by atoms with Crippen molar-refractivity contribution in [2.45, 2.75) is 49.5 Å². The van der Waals surface area contributed by atoms with E-state index < -0.39 is 15.6 Å². The predicted molar refractivity (Wildman–Crippen MR) is 133 cm³/mol. The standard InChI is InChI=1S/C24H28BrN3O5S/c1-3-15(9-10-25)20-12-19(29)23(24(30)33-20)22(16-7-8-16)17-5-4-6-18(11-17)27-34(31,32)21-13-28(2)14-26-21/h4-6,11-16,22,27,29H,3,7-10H2,1-2H3. The number of nitrogens with one attached hydrogen (secondary N) is 1. The van der Waals surface area contributed by atoms with E-state index in [0.717, 1.165) is 36.6 Å². The summed E-state index contributed by atoms with van der Waals surface area (Å²) in [6, 6.07) is 8.49. The van der Waals surface area contributed by atoms with E-state index >= 15 is 0 Å². The van der Waals surface area contributed by atoms with E-state index in [9.17, 15) is 18.3 Å². The number of anilines is 1. The molecule has 0 radical (unpaired) electrons. The topological polar surface area (TPSA) is 114 Å². The molecule has 0 saturated heterocycles. The van der Waals surface area contributed by atoms with Crippen LogP contribution in [0.5, 0.6) is 5.75 Å². The van der Waals surface area contributed by atoms with Gasteiger partial charge in [0.15, 0.2) is 5.03 Å². The third-order valence-corrected chi connectivity index (χ3v) is 7.92. The summed E-state index contributed by atoms with van der Waals surface area (Å²) in [4.78, 5) is 17.0. The Kier molecular flexibility index (Phi) is 7.18. The minimum Gasteiger partial charge on any atom is -0.507 e. The average Bonchev–Trinajstić information content (AvgIpc) is 3.52. The Morgan fingerprint density at radius 2 is 2.09 bits per heavy atom. The van der Waals surface area contributed by atoms with Gasteiger partial charge < -0.3 is 14.1 Å². The third-order valence-electron chi connectivity index (χ3n) is 6.20. The number of rotatable bonds is 10. The van der Waals surface area contributed by atoms with Gasteiger partial charge in [-0.25, -0.2) is 9.78 Å². The molecule has 1 aliphatic carbocycles. The van der Waals surface area contributed by atoms with Crippen molar-refractivity contribution in [2.24, 2.45) is 13.0 Å². The van der Waals surface area contributed by atoms with Crippen LogP contribution in [0.15, 0.2) is 57.1 Å². The van der Waals surface area contributed by atoms with Crippen LogP contribution in [0, 0.1) is 5.92 Å². The maximum absolute atomic E-state index is 13.1. The Bertz CT molecular complexity index is 1330. The number of aromatic nitrogens is 2. The van der Waals surface area contributed by atoms with Crippen LogP contribution < -0.4 is 10.3 Å². The molecule has 2 heterocycles. The SMILES string of the molecule is CCC(CCBr)c1cc(O)c(C(c2cccc(NS(=O)(=O)c3cn(C)cn3)c2)C2CC2)c(=O)o1. The summed E-state index contributed by atoms with van der Waals surface area (Å²) < 4.78 is 35.2. The number of aromatic hydroxyl groups is 1. The van der Waals surface area contributed by atoms with Gasteiger partial charge in [-0.3, -0.25) is 4.72 Å². The molecule has 4 rings (SSSR count). The van der Waals surface area contributed by atoms with Gasteiger partial charge >= 0.3 is 5.63 Å².